The number of anilines is 4. The Bertz CT molecular complexity index is 615. The lowest BCUT2D eigenvalue weighted by Gasteiger charge is -2.14. The molecule has 0 spiro atoms. The number of hydrogen-bond acceptors (Lipinski definition) is 6. The van der Waals surface area contributed by atoms with Gasteiger partial charge in [0.25, 0.3) is 0 Å². The summed E-state index contributed by atoms with van der Waals surface area (Å²) in [7, 11) is 1.65. The molecule has 6 nitrogen and oxygen atoms in total. The number of nitrogens with two attached hydrogens (primary N) is 1. The summed E-state index contributed by atoms with van der Waals surface area (Å²) in [6.07, 6.45) is 1.49. The standard InChI is InChI=1S/C15H21N5O/c1-10-4-5-11(2)12(8-10)20-15-13(16)14(18-9-19-15)17-6-7-21-3/h4-5,8-9H,6-7,16H2,1-3H3,(H2,17,18,19,20). The molecule has 1 aromatic carbocycles. The van der Waals surface area contributed by atoms with E-state index in [2.05, 4.69) is 38.8 Å². The highest BCUT2D eigenvalue weighted by molar-refractivity contribution is 5.78. The average Bonchev–Trinajstić information content (AvgIpc) is 2.47. The molecule has 0 aliphatic rings. The van der Waals surface area contributed by atoms with Crippen molar-refractivity contribution in [1.29, 1.82) is 0 Å². The van der Waals surface area contributed by atoms with Crippen LogP contribution in [-0.4, -0.2) is 30.2 Å². The fraction of sp³-hybridized carbons (Fsp3) is 0.333. The number of aromatic nitrogens is 2. The van der Waals surface area contributed by atoms with Gasteiger partial charge in [0.1, 0.15) is 12.0 Å². The van der Waals surface area contributed by atoms with Crippen molar-refractivity contribution < 1.29 is 4.74 Å². The molecule has 1 heterocycles. The highest BCUT2D eigenvalue weighted by atomic mass is 16.5. The summed E-state index contributed by atoms with van der Waals surface area (Å²) in [4.78, 5) is 8.36. The minimum absolute atomic E-state index is 0.495. The number of benzene rings is 1. The van der Waals surface area contributed by atoms with Crippen molar-refractivity contribution in [2.24, 2.45) is 0 Å². The van der Waals surface area contributed by atoms with Gasteiger partial charge in [-0.1, -0.05) is 12.1 Å². The fourth-order valence-corrected chi connectivity index (χ4v) is 1.91. The summed E-state index contributed by atoms with van der Waals surface area (Å²) >= 11 is 0. The lowest BCUT2D eigenvalue weighted by atomic mass is 10.1. The Morgan fingerprint density at radius 3 is 2.71 bits per heavy atom. The van der Waals surface area contributed by atoms with Gasteiger partial charge in [0.15, 0.2) is 11.6 Å². The van der Waals surface area contributed by atoms with E-state index in [1.807, 2.05) is 13.8 Å². The number of aryl methyl sites for hydroxylation is 2. The van der Waals surface area contributed by atoms with E-state index in [4.69, 9.17) is 10.5 Å². The van der Waals surface area contributed by atoms with E-state index in [9.17, 15) is 0 Å². The van der Waals surface area contributed by atoms with E-state index < -0.39 is 0 Å². The molecule has 6 heteroatoms. The van der Waals surface area contributed by atoms with Gasteiger partial charge in [0, 0.05) is 19.3 Å². The quantitative estimate of drug-likeness (QED) is 0.708. The highest BCUT2D eigenvalue weighted by Crippen LogP contribution is 2.27. The molecule has 0 saturated heterocycles. The molecule has 1 aromatic heterocycles. The zero-order valence-corrected chi connectivity index (χ0v) is 12.6. The zero-order chi connectivity index (χ0) is 15.2. The summed E-state index contributed by atoms with van der Waals surface area (Å²) in [6, 6.07) is 6.20. The molecule has 0 atom stereocenters. The van der Waals surface area contributed by atoms with Gasteiger partial charge in [-0.3, -0.25) is 0 Å². The smallest absolute Gasteiger partial charge is 0.159 e. The SMILES string of the molecule is COCCNc1ncnc(Nc2cc(C)ccc2C)c1N. The second-order valence-electron chi connectivity index (χ2n) is 4.85. The van der Waals surface area contributed by atoms with E-state index >= 15 is 0 Å². The van der Waals surface area contributed by atoms with Crippen LogP contribution in [0.1, 0.15) is 11.1 Å². The molecule has 2 rings (SSSR count). The molecule has 0 fully saturated rings. The van der Waals surface area contributed by atoms with Crippen LogP contribution in [0, 0.1) is 13.8 Å². The Kier molecular flexibility index (Phi) is 4.94. The summed E-state index contributed by atoms with van der Waals surface area (Å²) in [5.74, 6) is 1.20. The summed E-state index contributed by atoms with van der Waals surface area (Å²) in [5, 5.41) is 6.39. The Morgan fingerprint density at radius 1 is 1.19 bits per heavy atom. The van der Waals surface area contributed by atoms with Gasteiger partial charge in [0.05, 0.1) is 6.61 Å². The fourth-order valence-electron chi connectivity index (χ4n) is 1.91. The van der Waals surface area contributed by atoms with Gasteiger partial charge in [-0.05, 0) is 31.0 Å². The third-order valence-corrected chi connectivity index (χ3v) is 3.13. The lowest BCUT2D eigenvalue weighted by Crippen LogP contribution is -2.12. The molecule has 0 aliphatic heterocycles. The third-order valence-electron chi connectivity index (χ3n) is 3.13. The van der Waals surface area contributed by atoms with Crippen molar-refractivity contribution in [3.63, 3.8) is 0 Å². The third kappa shape index (κ3) is 3.82. The first-order chi connectivity index (χ1) is 10.1. The molecule has 4 N–H and O–H groups in total. The molecule has 0 radical (unpaired) electrons. The van der Waals surface area contributed by atoms with Crippen molar-refractivity contribution in [2.75, 3.05) is 36.6 Å². The van der Waals surface area contributed by atoms with E-state index in [1.54, 1.807) is 7.11 Å². The van der Waals surface area contributed by atoms with Gasteiger partial charge in [-0.2, -0.15) is 0 Å². The highest BCUT2D eigenvalue weighted by Gasteiger charge is 2.09. The summed E-state index contributed by atoms with van der Waals surface area (Å²) in [6.45, 7) is 5.31. The lowest BCUT2D eigenvalue weighted by molar-refractivity contribution is 0.210. The van der Waals surface area contributed by atoms with Crippen molar-refractivity contribution in [3.8, 4) is 0 Å². The van der Waals surface area contributed by atoms with Crippen LogP contribution in [0.4, 0.5) is 23.0 Å². The molecule has 2 aromatic rings. The van der Waals surface area contributed by atoms with Crippen molar-refractivity contribution in [1.82, 2.24) is 9.97 Å². The van der Waals surface area contributed by atoms with E-state index in [0.717, 1.165) is 11.3 Å². The number of nitrogen functional groups attached to an aromatic ring is 1. The Labute approximate surface area is 124 Å². The van der Waals surface area contributed by atoms with Crippen molar-refractivity contribution >= 4 is 23.0 Å². The maximum absolute atomic E-state index is 6.11. The second kappa shape index (κ2) is 6.90. The van der Waals surface area contributed by atoms with Crippen LogP contribution >= 0.6 is 0 Å². The first-order valence-electron chi connectivity index (χ1n) is 6.79. The van der Waals surface area contributed by atoms with Gasteiger partial charge in [-0.15, -0.1) is 0 Å². The molecule has 0 saturated carbocycles. The Balaban J connectivity index is 2.20. The van der Waals surface area contributed by atoms with Gasteiger partial charge >= 0.3 is 0 Å². The zero-order valence-electron chi connectivity index (χ0n) is 12.6. The molecule has 0 unspecified atom stereocenters. The molecule has 0 amide bonds. The van der Waals surface area contributed by atoms with Crippen LogP contribution in [0.2, 0.25) is 0 Å². The molecule has 112 valence electrons. The monoisotopic (exact) mass is 287 g/mol. The minimum Gasteiger partial charge on any atom is -0.393 e. The number of rotatable bonds is 6. The largest absolute Gasteiger partial charge is 0.393 e. The Hall–Kier alpha value is -2.34. The Morgan fingerprint density at radius 2 is 1.95 bits per heavy atom. The first-order valence-corrected chi connectivity index (χ1v) is 6.79. The number of methoxy groups -OCH3 is 1. The number of ether oxygens (including phenoxy) is 1. The maximum atomic E-state index is 6.11. The average molecular weight is 287 g/mol. The van der Waals surface area contributed by atoms with Crippen LogP contribution < -0.4 is 16.4 Å². The molecule has 21 heavy (non-hydrogen) atoms. The van der Waals surface area contributed by atoms with E-state index in [-0.39, 0.29) is 0 Å². The van der Waals surface area contributed by atoms with Gasteiger partial charge in [0.2, 0.25) is 0 Å². The molecule has 0 aliphatic carbocycles. The van der Waals surface area contributed by atoms with Crippen LogP contribution in [-0.2, 0) is 4.74 Å². The predicted octanol–water partition coefficient (Wildman–Crippen LogP) is 2.48. The normalized spacial score (nSPS) is 10.4. The minimum atomic E-state index is 0.495. The van der Waals surface area contributed by atoms with Crippen LogP contribution in [0.25, 0.3) is 0 Å². The van der Waals surface area contributed by atoms with E-state index in [0.29, 0.717) is 30.5 Å². The predicted molar refractivity (Wildman–Crippen MR) is 86.0 cm³/mol. The first kappa shape index (κ1) is 15.1. The van der Waals surface area contributed by atoms with Crippen LogP contribution in [0.3, 0.4) is 0 Å². The second-order valence-corrected chi connectivity index (χ2v) is 4.85. The van der Waals surface area contributed by atoms with Gasteiger partial charge < -0.3 is 21.1 Å². The molecular formula is C15H21N5O. The van der Waals surface area contributed by atoms with Crippen molar-refractivity contribution in [2.45, 2.75) is 13.8 Å². The summed E-state index contributed by atoms with van der Waals surface area (Å²) < 4.78 is 5.00. The van der Waals surface area contributed by atoms with Gasteiger partial charge in [-0.25, -0.2) is 9.97 Å². The summed E-state index contributed by atoms with van der Waals surface area (Å²) in [5.41, 5.74) is 9.90. The number of hydrogen-bond donors (Lipinski definition) is 3. The van der Waals surface area contributed by atoms with E-state index in [1.165, 1.54) is 11.9 Å². The maximum Gasteiger partial charge on any atom is 0.159 e. The van der Waals surface area contributed by atoms with Crippen LogP contribution in [0.15, 0.2) is 24.5 Å². The number of nitrogens with one attached hydrogen (secondary N) is 2. The van der Waals surface area contributed by atoms with Crippen LogP contribution in [0.5, 0.6) is 0 Å². The van der Waals surface area contributed by atoms with Crippen molar-refractivity contribution in [3.05, 3.63) is 35.7 Å². The molecular weight excluding hydrogens is 266 g/mol. The number of nitrogens with zero attached hydrogens (tertiary/aromatic N) is 2. The molecule has 0 bridgehead atoms. The topological polar surface area (TPSA) is 85.1 Å².